The number of benzene rings is 1. The van der Waals surface area contributed by atoms with Gasteiger partial charge >= 0.3 is 0 Å². The van der Waals surface area contributed by atoms with Crippen LogP contribution in [0, 0.1) is 5.82 Å². The Kier molecular flexibility index (Phi) is 2.07. The van der Waals surface area contributed by atoms with Gasteiger partial charge in [-0.05, 0) is 25.3 Å². The van der Waals surface area contributed by atoms with E-state index in [-0.39, 0.29) is 11.6 Å². The number of halogens is 1. The molecule has 1 aromatic rings. The molecule has 3 rings (SSSR count). The van der Waals surface area contributed by atoms with Gasteiger partial charge in [-0.2, -0.15) is 0 Å². The summed E-state index contributed by atoms with van der Waals surface area (Å²) in [4.78, 5) is 0. The Hall–Kier alpha value is -1.29. The van der Waals surface area contributed by atoms with Gasteiger partial charge in [0.15, 0.2) is 17.3 Å². The average Bonchev–Trinajstić information content (AvgIpc) is 2.27. The number of nitrogens with two attached hydrogens (primary N) is 1. The van der Waals surface area contributed by atoms with Crippen molar-refractivity contribution >= 4 is 0 Å². The minimum absolute atomic E-state index is 0.223. The molecule has 2 aliphatic rings. The van der Waals surface area contributed by atoms with E-state index in [9.17, 15) is 4.39 Å². The fourth-order valence-electron chi connectivity index (χ4n) is 2.29. The largest absolute Gasteiger partial charge is 0.486 e. The zero-order valence-electron chi connectivity index (χ0n) is 8.96. The number of hydrogen-bond donors (Lipinski definition) is 1. The van der Waals surface area contributed by atoms with E-state index >= 15 is 0 Å². The molecule has 0 bridgehead atoms. The van der Waals surface area contributed by atoms with Crippen molar-refractivity contribution in [3.8, 4) is 11.5 Å². The molecule has 1 aromatic carbocycles. The standard InChI is InChI=1S/C12H14FNO2/c13-10-8(12(14)4-1-5-12)2-3-9-11(10)16-7-6-15-9/h2-3H,1,4-7,14H2. The van der Waals surface area contributed by atoms with Crippen LogP contribution in [0.2, 0.25) is 0 Å². The van der Waals surface area contributed by atoms with E-state index in [2.05, 4.69) is 0 Å². The summed E-state index contributed by atoms with van der Waals surface area (Å²) in [6, 6.07) is 3.47. The van der Waals surface area contributed by atoms with Crippen LogP contribution in [0.3, 0.4) is 0 Å². The summed E-state index contributed by atoms with van der Waals surface area (Å²) in [6.07, 6.45) is 2.73. The summed E-state index contributed by atoms with van der Waals surface area (Å²) in [7, 11) is 0. The van der Waals surface area contributed by atoms with Gasteiger partial charge in [0, 0.05) is 11.1 Å². The van der Waals surface area contributed by atoms with Gasteiger partial charge in [0.1, 0.15) is 13.2 Å². The van der Waals surface area contributed by atoms with E-state index in [1.807, 2.05) is 0 Å². The van der Waals surface area contributed by atoms with Crippen molar-refractivity contribution in [3.05, 3.63) is 23.5 Å². The molecule has 1 heterocycles. The Morgan fingerprint density at radius 3 is 2.62 bits per heavy atom. The minimum atomic E-state index is -0.500. The van der Waals surface area contributed by atoms with Crippen LogP contribution in [0.15, 0.2) is 12.1 Å². The predicted molar refractivity (Wildman–Crippen MR) is 57.1 cm³/mol. The van der Waals surface area contributed by atoms with Crippen molar-refractivity contribution < 1.29 is 13.9 Å². The van der Waals surface area contributed by atoms with Gasteiger partial charge in [0.2, 0.25) is 0 Å². The molecule has 0 atom stereocenters. The molecular weight excluding hydrogens is 209 g/mol. The molecule has 16 heavy (non-hydrogen) atoms. The van der Waals surface area contributed by atoms with Crippen molar-refractivity contribution in [2.45, 2.75) is 24.8 Å². The van der Waals surface area contributed by atoms with Gasteiger partial charge in [-0.3, -0.25) is 0 Å². The fraction of sp³-hybridized carbons (Fsp3) is 0.500. The van der Waals surface area contributed by atoms with E-state index in [0.29, 0.717) is 24.5 Å². The third kappa shape index (κ3) is 1.29. The van der Waals surface area contributed by atoms with E-state index in [0.717, 1.165) is 19.3 Å². The number of hydrogen-bond acceptors (Lipinski definition) is 3. The lowest BCUT2D eigenvalue weighted by molar-refractivity contribution is 0.160. The Bertz CT molecular complexity index is 429. The highest BCUT2D eigenvalue weighted by Crippen LogP contribution is 2.44. The Morgan fingerprint density at radius 2 is 1.94 bits per heavy atom. The van der Waals surface area contributed by atoms with Crippen molar-refractivity contribution in [2.24, 2.45) is 5.73 Å². The highest BCUT2D eigenvalue weighted by Gasteiger charge is 2.38. The molecule has 0 unspecified atom stereocenters. The predicted octanol–water partition coefficient (Wildman–Crippen LogP) is 1.93. The molecule has 0 saturated heterocycles. The minimum Gasteiger partial charge on any atom is -0.486 e. The first-order valence-electron chi connectivity index (χ1n) is 5.58. The molecule has 0 amide bonds. The Morgan fingerprint density at radius 1 is 1.19 bits per heavy atom. The normalized spacial score (nSPS) is 21.4. The fourth-order valence-corrected chi connectivity index (χ4v) is 2.29. The van der Waals surface area contributed by atoms with E-state index < -0.39 is 5.54 Å². The van der Waals surface area contributed by atoms with Gasteiger partial charge < -0.3 is 15.2 Å². The zero-order chi connectivity index (χ0) is 11.2. The van der Waals surface area contributed by atoms with Crippen LogP contribution in [0.4, 0.5) is 4.39 Å². The quantitative estimate of drug-likeness (QED) is 0.791. The molecule has 0 spiro atoms. The van der Waals surface area contributed by atoms with Crippen molar-refractivity contribution in [1.82, 2.24) is 0 Å². The van der Waals surface area contributed by atoms with Crippen LogP contribution in [0.5, 0.6) is 11.5 Å². The summed E-state index contributed by atoms with van der Waals surface area (Å²) in [6.45, 7) is 0.866. The van der Waals surface area contributed by atoms with Crippen LogP contribution in [-0.2, 0) is 5.54 Å². The second-order valence-electron chi connectivity index (χ2n) is 4.46. The second-order valence-corrected chi connectivity index (χ2v) is 4.46. The first-order chi connectivity index (χ1) is 7.71. The molecular formula is C12H14FNO2. The summed E-state index contributed by atoms with van der Waals surface area (Å²) in [5, 5.41) is 0. The third-order valence-corrected chi connectivity index (χ3v) is 3.43. The Balaban J connectivity index is 2.07. The molecule has 0 radical (unpaired) electrons. The van der Waals surface area contributed by atoms with E-state index in [1.165, 1.54) is 0 Å². The number of fused-ring (bicyclic) bond motifs is 1. The van der Waals surface area contributed by atoms with Crippen LogP contribution >= 0.6 is 0 Å². The van der Waals surface area contributed by atoms with Crippen molar-refractivity contribution in [1.29, 1.82) is 0 Å². The van der Waals surface area contributed by atoms with Gasteiger partial charge in [0.05, 0.1) is 0 Å². The highest BCUT2D eigenvalue weighted by molar-refractivity contribution is 5.47. The zero-order valence-corrected chi connectivity index (χ0v) is 8.96. The molecule has 1 fully saturated rings. The first kappa shape index (κ1) is 9.90. The molecule has 1 saturated carbocycles. The second kappa shape index (κ2) is 3.35. The van der Waals surface area contributed by atoms with Gasteiger partial charge in [-0.15, -0.1) is 0 Å². The van der Waals surface area contributed by atoms with E-state index in [1.54, 1.807) is 12.1 Å². The summed E-state index contributed by atoms with van der Waals surface area (Å²) in [5.74, 6) is 0.357. The molecule has 4 heteroatoms. The molecule has 1 aliphatic heterocycles. The molecule has 1 aliphatic carbocycles. The third-order valence-electron chi connectivity index (χ3n) is 3.43. The van der Waals surface area contributed by atoms with Crippen LogP contribution in [-0.4, -0.2) is 13.2 Å². The van der Waals surface area contributed by atoms with E-state index in [4.69, 9.17) is 15.2 Å². The SMILES string of the molecule is NC1(c2ccc3c(c2F)OCCO3)CCC1. The smallest absolute Gasteiger partial charge is 0.197 e. The monoisotopic (exact) mass is 223 g/mol. The lowest BCUT2D eigenvalue weighted by atomic mass is 9.72. The van der Waals surface area contributed by atoms with Crippen molar-refractivity contribution in [2.75, 3.05) is 13.2 Å². The lowest BCUT2D eigenvalue weighted by Gasteiger charge is -2.39. The van der Waals surface area contributed by atoms with Crippen LogP contribution in [0.25, 0.3) is 0 Å². The van der Waals surface area contributed by atoms with Gasteiger partial charge in [-0.1, -0.05) is 6.07 Å². The summed E-state index contributed by atoms with van der Waals surface area (Å²) >= 11 is 0. The average molecular weight is 223 g/mol. The molecule has 3 nitrogen and oxygen atoms in total. The topological polar surface area (TPSA) is 44.5 Å². The molecule has 86 valence electrons. The molecule has 0 aromatic heterocycles. The van der Waals surface area contributed by atoms with Crippen LogP contribution < -0.4 is 15.2 Å². The maximum atomic E-state index is 14.2. The maximum Gasteiger partial charge on any atom is 0.197 e. The Labute approximate surface area is 93.3 Å². The summed E-state index contributed by atoms with van der Waals surface area (Å²) < 4.78 is 24.8. The lowest BCUT2D eigenvalue weighted by Crippen LogP contribution is -2.44. The highest BCUT2D eigenvalue weighted by atomic mass is 19.1. The summed E-state index contributed by atoms with van der Waals surface area (Å²) in [5.41, 5.74) is 6.18. The van der Waals surface area contributed by atoms with Crippen LogP contribution in [0.1, 0.15) is 24.8 Å². The number of ether oxygens (including phenoxy) is 2. The van der Waals surface area contributed by atoms with Gasteiger partial charge in [-0.25, -0.2) is 4.39 Å². The van der Waals surface area contributed by atoms with Gasteiger partial charge in [0.25, 0.3) is 0 Å². The molecule has 2 N–H and O–H groups in total. The first-order valence-corrected chi connectivity index (χ1v) is 5.58. The maximum absolute atomic E-state index is 14.2. The van der Waals surface area contributed by atoms with Crippen molar-refractivity contribution in [3.63, 3.8) is 0 Å². The number of rotatable bonds is 1.